The van der Waals surface area contributed by atoms with Crippen LogP contribution in [0.15, 0.2) is 53.2 Å². The molecule has 1 aliphatic rings. The molecule has 0 amide bonds. The minimum Gasteiger partial charge on any atom is -0.493 e. The molecule has 0 aliphatic carbocycles. The first kappa shape index (κ1) is 17.3. The number of nitro benzene ring substituents is 1. The third kappa shape index (κ3) is 3.46. The number of para-hydroxylation sites is 1. The van der Waals surface area contributed by atoms with Crippen molar-refractivity contribution in [2.75, 3.05) is 6.61 Å². The van der Waals surface area contributed by atoms with E-state index in [1.165, 1.54) is 12.1 Å². The van der Waals surface area contributed by atoms with Crippen LogP contribution in [0.1, 0.15) is 23.6 Å². The molecule has 0 spiro atoms. The van der Waals surface area contributed by atoms with E-state index in [0.717, 1.165) is 0 Å². The molecule has 0 atom stereocenters. The van der Waals surface area contributed by atoms with Gasteiger partial charge in [-0.05, 0) is 38.1 Å². The highest BCUT2D eigenvalue weighted by molar-refractivity contribution is 6.13. The lowest BCUT2D eigenvalue weighted by Crippen LogP contribution is -2.06. The Hall–Kier alpha value is -3.48. The lowest BCUT2D eigenvalue weighted by Gasteiger charge is -2.06. The second-order valence-corrected chi connectivity index (χ2v) is 5.57. The summed E-state index contributed by atoms with van der Waals surface area (Å²) in [6.45, 7) is 4.00. The summed E-state index contributed by atoms with van der Waals surface area (Å²) in [6.07, 6.45) is 1.60. The average molecular weight is 352 g/mol. The number of cyclic esters (lactones) is 1. The van der Waals surface area contributed by atoms with Crippen molar-refractivity contribution in [1.29, 1.82) is 0 Å². The van der Waals surface area contributed by atoms with Crippen molar-refractivity contribution in [3.8, 4) is 5.75 Å². The number of ether oxygens (including phenoxy) is 2. The van der Waals surface area contributed by atoms with Crippen molar-refractivity contribution in [3.05, 3.63) is 75.0 Å². The van der Waals surface area contributed by atoms with E-state index in [-0.39, 0.29) is 17.3 Å². The van der Waals surface area contributed by atoms with Crippen LogP contribution >= 0.6 is 0 Å². The summed E-state index contributed by atoms with van der Waals surface area (Å²) in [5.74, 6) is 0.181. The normalized spacial score (nSPS) is 14.9. The van der Waals surface area contributed by atoms with Gasteiger partial charge in [-0.3, -0.25) is 10.1 Å². The molecule has 0 fully saturated rings. The number of nitro groups is 1. The Morgan fingerprint density at radius 1 is 1.27 bits per heavy atom. The van der Waals surface area contributed by atoms with Crippen LogP contribution in [-0.4, -0.2) is 23.4 Å². The highest BCUT2D eigenvalue weighted by Crippen LogP contribution is 2.26. The Bertz CT molecular complexity index is 947. The van der Waals surface area contributed by atoms with Gasteiger partial charge in [0, 0.05) is 22.8 Å². The molecule has 0 unspecified atom stereocenters. The first-order valence-electron chi connectivity index (χ1n) is 7.99. The minimum absolute atomic E-state index is 0.0000748. The number of aryl methyl sites for hydroxylation is 1. The van der Waals surface area contributed by atoms with Crippen LogP contribution in [0.4, 0.5) is 5.69 Å². The van der Waals surface area contributed by atoms with Gasteiger partial charge in [0.1, 0.15) is 5.75 Å². The molecule has 1 heterocycles. The third-order valence-corrected chi connectivity index (χ3v) is 3.77. The van der Waals surface area contributed by atoms with Crippen LogP contribution in [0.2, 0.25) is 0 Å². The van der Waals surface area contributed by atoms with E-state index in [1.54, 1.807) is 25.1 Å². The molecule has 0 saturated carbocycles. The van der Waals surface area contributed by atoms with Crippen molar-refractivity contribution < 1.29 is 19.2 Å². The largest absolute Gasteiger partial charge is 0.493 e. The fourth-order valence-corrected chi connectivity index (χ4v) is 2.56. The number of carbonyl (C=O) groups is 1. The number of aliphatic imine (C=N–C) groups is 1. The minimum atomic E-state index is -0.581. The number of rotatable bonds is 5. The topological polar surface area (TPSA) is 91.0 Å². The van der Waals surface area contributed by atoms with Crippen LogP contribution in [0.3, 0.4) is 0 Å². The highest BCUT2D eigenvalue weighted by atomic mass is 16.6. The van der Waals surface area contributed by atoms with Crippen molar-refractivity contribution in [3.63, 3.8) is 0 Å². The van der Waals surface area contributed by atoms with Crippen molar-refractivity contribution in [1.82, 2.24) is 0 Å². The Labute approximate surface area is 149 Å². The maximum absolute atomic E-state index is 12.1. The van der Waals surface area contributed by atoms with E-state index in [9.17, 15) is 14.9 Å². The molecule has 7 nitrogen and oxygen atoms in total. The van der Waals surface area contributed by atoms with Crippen molar-refractivity contribution in [2.24, 2.45) is 4.99 Å². The molecule has 0 N–H and O–H groups in total. The predicted octanol–water partition coefficient (Wildman–Crippen LogP) is 3.65. The van der Waals surface area contributed by atoms with E-state index in [0.29, 0.717) is 29.0 Å². The van der Waals surface area contributed by atoms with E-state index in [2.05, 4.69) is 4.99 Å². The van der Waals surface area contributed by atoms with E-state index >= 15 is 0 Å². The molecule has 2 aromatic rings. The van der Waals surface area contributed by atoms with Gasteiger partial charge < -0.3 is 9.47 Å². The van der Waals surface area contributed by atoms with Crippen LogP contribution in [0.5, 0.6) is 5.75 Å². The lowest BCUT2D eigenvalue weighted by molar-refractivity contribution is -0.385. The van der Waals surface area contributed by atoms with Gasteiger partial charge in [-0.2, -0.15) is 0 Å². The van der Waals surface area contributed by atoms with E-state index < -0.39 is 10.9 Å². The molecule has 132 valence electrons. The first-order valence-corrected chi connectivity index (χ1v) is 7.99. The maximum atomic E-state index is 12.1. The van der Waals surface area contributed by atoms with Crippen molar-refractivity contribution >= 4 is 23.6 Å². The second kappa shape index (κ2) is 7.18. The number of esters is 1. The molecule has 0 radical (unpaired) electrons. The van der Waals surface area contributed by atoms with Crippen LogP contribution in [0, 0.1) is 17.0 Å². The number of benzene rings is 2. The van der Waals surface area contributed by atoms with Crippen molar-refractivity contribution in [2.45, 2.75) is 13.8 Å². The van der Waals surface area contributed by atoms with Crippen LogP contribution in [0.25, 0.3) is 6.08 Å². The maximum Gasteiger partial charge on any atom is 0.363 e. The van der Waals surface area contributed by atoms with Gasteiger partial charge in [0.15, 0.2) is 5.70 Å². The number of carbonyl (C=O) groups excluding carboxylic acids is 1. The van der Waals surface area contributed by atoms with Gasteiger partial charge in [-0.25, -0.2) is 9.79 Å². The zero-order valence-electron chi connectivity index (χ0n) is 14.3. The molecule has 1 aliphatic heterocycles. The lowest BCUT2D eigenvalue weighted by atomic mass is 10.1. The molecular weight excluding hydrogens is 336 g/mol. The van der Waals surface area contributed by atoms with Gasteiger partial charge in [0.2, 0.25) is 5.90 Å². The zero-order valence-corrected chi connectivity index (χ0v) is 14.3. The summed E-state index contributed by atoms with van der Waals surface area (Å²) >= 11 is 0. The standard InChI is InChI=1S/C19H16N2O5/c1-3-25-17-7-5-4-6-13(17)11-15-19(22)26-18(20-15)14-8-9-16(21(23)24)12(2)10-14/h4-11H,3H2,1-2H3/b15-11-. The summed E-state index contributed by atoms with van der Waals surface area (Å²) in [4.78, 5) is 26.8. The van der Waals surface area contributed by atoms with Crippen LogP contribution in [-0.2, 0) is 9.53 Å². The SMILES string of the molecule is CCOc1ccccc1/C=C1\N=C(c2ccc([N+](=O)[O-])c(C)c2)OC1=O. The van der Waals surface area contributed by atoms with Gasteiger partial charge in [0.05, 0.1) is 11.5 Å². The Kier molecular flexibility index (Phi) is 4.79. The third-order valence-electron chi connectivity index (χ3n) is 3.77. The Morgan fingerprint density at radius 3 is 2.73 bits per heavy atom. The molecule has 0 bridgehead atoms. The molecule has 7 heteroatoms. The van der Waals surface area contributed by atoms with Gasteiger partial charge in [-0.1, -0.05) is 18.2 Å². The Balaban J connectivity index is 1.95. The molecule has 3 rings (SSSR count). The summed E-state index contributed by atoms with van der Waals surface area (Å²) in [7, 11) is 0. The zero-order chi connectivity index (χ0) is 18.7. The molecule has 2 aromatic carbocycles. The number of nitrogens with zero attached hydrogens (tertiary/aromatic N) is 2. The summed E-state index contributed by atoms with van der Waals surface area (Å²) in [6, 6.07) is 11.7. The quantitative estimate of drug-likeness (QED) is 0.354. The summed E-state index contributed by atoms with van der Waals surface area (Å²) in [5, 5.41) is 10.9. The fourth-order valence-electron chi connectivity index (χ4n) is 2.56. The molecule has 26 heavy (non-hydrogen) atoms. The Morgan fingerprint density at radius 2 is 2.04 bits per heavy atom. The predicted molar refractivity (Wildman–Crippen MR) is 96.1 cm³/mol. The molecule has 0 saturated heterocycles. The summed E-state index contributed by atoms with van der Waals surface area (Å²) in [5.41, 5.74) is 1.82. The fraction of sp³-hybridized carbons (Fsp3) is 0.158. The average Bonchev–Trinajstić information content (AvgIpc) is 2.97. The van der Waals surface area contributed by atoms with Gasteiger partial charge in [-0.15, -0.1) is 0 Å². The van der Waals surface area contributed by atoms with E-state index in [4.69, 9.17) is 9.47 Å². The van der Waals surface area contributed by atoms with E-state index in [1.807, 2.05) is 25.1 Å². The van der Waals surface area contributed by atoms with Crippen LogP contribution < -0.4 is 4.74 Å². The monoisotopic (exact) mass is 352 g/mol. The van der Waals surface area contributed by atoms with Gasteiger partial charge in [0.25, 0.3) is 5.69 Å². The number of hydrogen-bond donors (Lipinski definition) is 0. The first-order chi connectivity index (χ1) is 12.5. The summed E-state index contributed by atoms with van der Waals surface area (Å²) < 4.78 is 10.8. The highest BCUT2D eigenvalue weighted by Gasteiger charge is 2.25. The molecule has 0 aromatic heterocycles. The number of hydrogen-bond acceptors (Lipinski definition) is 6. The van der Waals surface area contributed by atoms with Gasteiger partial charge >= 0.3 is 5.97 Å². The smallest absolute Gasteiger partial charge is 0.363 e. The second-order valence-electron chi connectivity index (χ2n) is 5.57. The molecular formula is C19H16N2O5.